The maximum absolute atomic E-state index is 14.8. The van der Waals surface area contributed by atoms with Crippen LogP contribution in [0.25, 0.3) is 11.4 Å². The SMILES string of the molecule is CCCCOC(=O)N1CC[N+](CC(=O)OC)(C(=O)[C@H](CP(=O)(O)O)N(CC(=O)OC)C(=O)c2cc(N3CC[C@H](OC)C3)nc(-c3ccccc3)n2)CC1. The first-order chi connectivity index (χ1) is 25.2. The molecule has 2 saturated heterocycles. The average molecular weight is 764 g/mol. The van der Waals surface area contributed by atoms with E-state index in [9.17, 15) is 38.3 Å². The number of benzene rings is 1. The van der Waals surface area contributed by atoms with E-state index < -0.39 is 67.2 Å². The summed E-state index contributed by atoms with van der Waals surface area (Å²) in [5.74, 6) is -3.25. The highest BCUT2D eigenvalue weighted by atomic mass is 31.2. The Kier molecular flexibility index (Phi) is 14.4. The fourth-order valence-corrected chi connectivity index (χ4v) is 7.07. The molecular weight excluding hydrogens is 715 g/mol. The van der Waals surface area contributed by atoms with Crippen molar-refractivity contribution >= 4 is 43.3 Å². The topological polar surface area (TPSA) is 215 Å². The van der Waals surface area contributed by atoms with Gasteiger partial charge in [-0.1, -0.05) is 43.7 Å². The number of hydrogen-bond acceptors (Lipinski definition) is 13. The van der Waals surface area contributed by atoms with Crippen molar-refractivity contribution in [2.45, 2.75) is 38.3 Å². The second-order valence-corrected chi connectivity index (χ2v) is 14.6. The first kappa shape index (κ1) is 41.3. The minimum absolute atomic E-state index is 0.0602. The van der Waals surface area contributed by atoms with Crippen molar-refractivity contribution in [2.24, 2.45) is 0 Å². The summed E-state index contributed by atoms with van der Waals surface area (Å²) in [4.78, 5) is 102. The van der Waals surface area contributed by atoms with Crippen molar-refractivity contribution in [1.29, 1.82) is 0 Å². The number of piperazine rings is 1. The van der Waals surface area contributed by atoms with Gasteiger partial charge in [0.15, 0.2) is 18.4 Å². The highest BCUT2D eigenvalue weighted by Crippen LogP contribution is 2.38. The molecule has 0 unspecified atom stereocenters. The number of hydrogen-bond donors (Lipinski definition) is 2. The van der Waals surface area contributed by atoms with Gasteiger partial charge in [-0.15, -0.1) is 0 Å². The third-order valence-electron chi connectivity index (χ3n) is 9.33. The molecule has 2 fully saturated rings. The van der Waals surface area contributed by atoms with E-state index in [2.05, 4.69) is 4.98 Å². The van der Waals surface area contributed by atoms with E-state index in [1.807, 2.05) is 11.8 Å². The van der Waals surface area contributed by atoms with Crippen molar-refractivity contribution in [3.63, 3.8) is 0 Å². The number of ether oxygens (including phenoxy) is 4. The van der Waals surface area contributed by atoms with Gasteiger partial charge in [0.2, 0.25) is 0 Å². The highest BCUT2D eigenvalue weighted by molar-refractivity contribution is 7.51. The second-order valence-electron chi connectivity index (χ2n) is 12.9. The van der Waals surface area contributed by atoms with Gasteiger partial charge in [-0.05, 0) is 12.8 Å². The van der Waals surface area contributed by atoms with E-state index >= 15 is 0 Å². The van der Waals surface area contributed by atoms with Crippen LogP contribution in [-0.2, 0) is 37.9 Å². The predicted octanol–water partition coefficient (Wildman–Crippen LogP) is 1.30. The number of anilines is 1. The molecule has 1 aromatic heterocycles. The molecule has 53 heavy (non-hydrogen) atoms. The van der Waals surface area contributed by atoms with Crippen LogP contribution >= 0.6 is 7.60 Å². The molecule has 3 amide bonds. The van der Waals surface area contributed by atoms with Crippen LogP contribution in [0.3, 0.4) is 0 Å². The van der Waals surface area contributed by atoms with E-state index in [1.165, 1.54) is 11.0 Å². The fraction of sp³-hybridized carbons (Fsp3) is 0.559. The number of unbranched alkanes of at least 4 members (excludes halogenated alkanes) is 1. The molecule has 0 radical (unpaired) electrons. The number of rotatable bonds is 15. The van der Waals surface area contributed by atoms with Crippen LogP contribution in [0.2, 0.25) is 0 Å². The lowest BCUT2D eigenvalue weighted by Gasteiger charge is -2.44. The maximum atomic E-state index is 14.8. The van der Waals surface area contributed by atoms with E-state index in [4.69, 9.17) is 23.9 Å². The Morgan fingerprint density at radius 1 is 1.00 bits per heavy atom. The zero-order valence-corrected chi connectivity index (χ0v) is 31.3. The summed E-state index contributed by atoms with van der Waals surface area (Å²) in [6.07, 6.45) is 0.244. The van der Waals surface area contributed by atoms with Crippen LogP contribution in [0, 0.1) is 0 Å². The third-order valence-corrected chi connectivity index (χ3v) is 10.2. The molecule has 0 saturated carbocycles. The van der Waals surface area contributed by atoms with Gasteiger partial charge in [-0.3, -0.25) is 19.1 Å². The Labute approximate surface area is 307 Å². The number of carbonyl (C=O) groups is 5. The van der Waals surface area contributed by atoms with E-state index in [0.29, 0.717) is 37.3 Å². The van der Waals surface area contributed by atoms with Gasteiger partial charge in [0, 0.05) is 31.8 Å². The summed E-state index contributed by atoms with van der Waals surface area (Å²) in [6, 6.07) is 8.22. The maximum Gasteiger partial charge on any atom is 0.410 e. The summed E-state index contributed by atoms with van der Waals surface area (Å²) in [6.45, 7) is 1.19. The minimum atomic E-state index is -5.11. The largest absolute Gasteiger partial charge is 0.468 e. The third kappa shape index (κ3) is 10.8. The Hall–Kier alpha value is -4.48. The summed E-state index contributed by atoms with van der Waals surface area (Å²) < 4.78 is 32.5. The molecule has 290 valence electrons. The van der Waals surface area contributed by atoms with Crippen LogP contribution in [0.5, 0.6) is 0 Å². The summed E-state index contributed by atoms with van der Waals surface area (Å²) in [5.41, 5.74) is 0.295. The number of quaternary nitrogens is 1. The lowest BCUT2D eigenvalue weighted by atomic mass is 10.1. The van der Waals surface area contributed by atoms with Crippen LogP contribution in [0.1, 0.15) is 36.7 Å². The zero-order valence-electron chi connectivity index (χ0n) is 30.4. The molecule has 0 aliphatic carbocycles. The number of nitrogens with zero attached hydrogens (tertiary/aromatic N) is 6. The van der Waals surface area contributed by atoms with Crippen molar-refractivity contribution < 1.29 is 61.8 Å². The van der Waals surface area contributed by atoms with Gasteiger partial charge in [0.1, 0.15) is 31.1 Å². The number of carbonyl (C=O) groups excluding carboxylic acids is 5. The monoisotopic (exact) mass is 763 g/mol. The smallest absolute Gasteiger partial charge is 0.410 e. The molecule has 19 heteroatoms. The number of methoxy groups -OCH3 is 3. The predicted molar refractivity (Wildman–Crippen MR) is 189 cm³/mol. The molecule has 2 aromatic rings. The molecule has 2 aliphatic heterocycles. The molecule has 3 heterocycles. The highest BCUT2D eigenvalue weighted by Gasteiger charge is 2.51. The number of esters is 2. The molecule has 0 bridgehead atoms. The molecule has 2 aliphatic rings. The molecular formula is C34H48N6O12P+. The van der Waals surface area contributed by atoms with Crippen LogP contribution < -0.4 is 4.90 Å². The molecule has 2 atom stereocenters. The van der Waals surface area contributed by atoms with Crippen LogP contribution in [0.4, 0.5) is 10.6 Å². The number of aromatic nitrogens is 2. The fourth-order valence-electron chi connectivity index (χ4n) is 6.27. The lowest BCUT2D eigenvalue weighted by Crippen LogP contribution is -2.69. The van der Waals surface area contributed by atoms with Crippen LogP contribution in [0.15, 0.2) is 36.4 Å². The molecule has 2 N–H and O–H groups in total. The lowest BCUT2D eigenvalue weighted by molar-refractivity contribution is -0.852. The normalized spacial score (nSPS) is 17.5. The van der Waals surface area contributed by atoms with E-state index in [1.54, 1.807) is 37.4 Å². The van der Waals surface area contributed by atoms with Gasteiger partial charge < -0.3 is 38.5 Å². The summed E-state index contributed by atoms with van der Waals surface area (Å²) in [7, 11) is -1.33. The summed E-state index contributed by atoms with van der Waals surface area (Å²) >= 11 is 0. The molecule has 0 spiro atoms. The quantitative estimate of drug-likeness (QED) is 0.0860. The number of amides is 3. The van der Waals surface area contributed by atoms with Gasteiger partial charge in [-0.25, -0.2) is 28.8 Å². The Morgan fingerprint density at radius 2 is 1.68 bits per heavy atom. The van der Waals surface area contributed by atoms with Crippen molar-refractivity contribution in [1.82, 2.24) is 19.8 Å². The molecule has 1 aromatic carbocycles. The van der Waals surface area contributed by atoms with Crippen molar-refractivity contribution in [3.8, 4) is 11.4 Å². The van der Waals surface area contributed by atoms with Crippen molar-refractivity contribution in [2.75, 3.05) is 91.4 Å². The van der Waals surface area contributed by atoms with Crippen molar-refractivity contribution in [3.05, 3.63) is 42.1 Å². The first-order valence-corrected chi connectivity index (χ1v) is 19.1. The second kappa shape index (κ2) is 18.5. The zero-order chi connectivity index (χ0) is 38.8. The van der Waals surface area contributed by atoms with Gasteiger partial charge >= 0.3 is 31.5 Å². The van der Waals surface area contributed by atoms with E-state index in [-0.39, 0.29) is 50.4 Å². The van der Waals surface area contributed by atoms with Gasteiger partial charge in [0.05, 0.1) is 46.2 Å². The Morgan fingerprint density at radius 3 is 2.26 bits per heavy atom. The molecule has 4 rings (SSSR count). The Bertz CT molecular complexity index is 1670. The van der Waals surface area contributed by atoms with Gasteiger partial charge in [0.25, 0.3) is 5.91 Å². The van der Waals surface area contributed by atoms with Crippen LogP contribution in [-0.4, -0.2) is 162 Å². The first-order valence-electron chi connectivity index (χ1n) is 17.3. The standard InChI is InChI=1S/C34H47N6O12P/c1-5-6-18-52-34(45)37-14-16-40(17-15-37,22-30(42)51-4)33(44)27(23-53(46,47)48)39(21-29(41)50-3)32(43)26-19-28(38-13-12-25(20-38)49-2)36-31(35-26)24-10-8-7-9-11-24/h7-11,19,25,27H,5-6,12-18,20-23H2,1-4H3,(H-,46,47,48)/p+1/t25-,27-/m0/s1. The van der Waals surface area contributed by atoms with Gasteiger partial charge in [-0.2, -0.15) is 0 Å². The van der Waals surface area contributed by atoms with E-state index in [0.717, 1.165) is 25.5 Å². The summed E-state index contributed by atoms with van der Waals surface area (Å²) in [5, 5.41) is 0. The minimum Gasteiger partial charge on any atom is -0.468 e. The average Bonchev–Trinajstić information content (AvgIpc) is 3.65. The Balaban J connectivity index is 1.80. The molecule has 18 nitrogen and oxygen atoms in total.